The number of aryl methyl sites for hydroxylation is 1. The highest BCUT2D eigenvalue weighted by molar-refractivity contribution is 6.04. The molecule has 0 bridgehead atoms. The molecule has 0 aliphatic heterocycles. The minimum absolute atomic E-state index is 0.152. The Balaban J connectivity index is 2.85. The van der Waals surface area contributed by atoms with Crippen molar-refractivity contribution in [2.24, 2.45) is 7.05 Å². The molecule has 0 atom stereocenters. The lowest BCUT2D eigenvalue weighted by atomic mass is 10.1. The van der Waals surface area contributed by atoms with E-state index in [0.717, 1.165) is 5.52 Å². The minimum atomic E-state index is -0.354. The highest BCUT2D eigenvalue weighted by Crippen LogP contribution is 2.19. The number of Topliss-reactive ketones (excluding diaryl/α,β-unsaturated/α-hetero) is 1. The molecule has 72 valence electrons. The van der Waals surface area contributed by atoms with E-state index in [2.05, 4.69) is 5.10 Å². The lowest BCUT2D eigenvalue weighted by Crippen LogP contribution is -1.95. The third-order valence-corrected chi connectivity index (χ3v) is 2.15. The van der Waals surface area contributed by atoms with Crippen LogP contribution in [0.3, 0.4) is 0 Å². The molecule has 2 aromatic rings. The third kappa shape index (κ3) is 1.19. The summed E-state index contributed by atoms with van der Waals surface area (Å²) in [4.78, 5) is 11.2. The van der Waals surface area contributed by atoms with Gasteiger partial charge in [0.1, 0.15) is 11.5 Å². The molecule has 0 N–H and O–H groups in total. The molecule has 0 radical (unpaired) electrons. The number of fused-ring (bicyclic) bond motifs is 1. The highest BCUT2D eigenvalue weighted by atomic mass is 19.1. The van der Waals surface area contributed by atoms with Gasteiger partial charge in [0.25, 0.3) is 0 Å². The van der Waals surface area contributed by atoms with Crippen LogP contribution in [0, 0.1) is 5.82 Å². The molecule has 1 heterocycles. The molecule has 0 aliphatic carbocycles. The van der Waals surface area contributed by atoms with Crippen molar-refractivity contribution in [2.45, 2.75) is 6.92 Å². The molecule has 1 aromatic carbocycles. The van der Waals surface area contributed by atoms with E-state index in [1.807, 2.05) is 0 Å². The SMILES string of the molecule is CC(=O)c1nn(C)c2ccc(F)cc12. The Bertz CT molecular complexity index is 516. The highest BCUT2D eigenvalue weighted by Gasteiger charge is 2.12. The molecule has 0 unspecified atom stereocenters. The summed E-state index contributed by atoms with van der Waals surface area (Å²) in [5.74, 6) is -0.505. The molecule has 0 saturated heterocycles. The van der Waals surface area contributed by atoms with E-state index in [1.54, 1.807) is 17.8 Å². The number of aromatic nitrogens is 2. The Kier molecular flexibility index (Phi) is 1.84. The first-order valence-electron chi connectivity index (χ1n) is 4.23. The second kappa shape index (κ2) is 2.90. The molecule has 0 saturated carbocycles. The first-order valence-corrected chi connectivity index (χ1v) is 4.23. The zero-order chi connectivity index (χ0) is 10.3. The standard InChI is InChI=1S/C10H9FN2O/c1-6(14)10-8-5-7(11)3-4-9(8)13(2)12-10/h3-5H,1-2H3. The van der Waals surface area contributed by atoms with Crippen LogP contribution in [0.5, 0.6) is 0 Å². The van der Waals surface area contributed by atoms with Crippen molar-refractivity contribution >= 4 is 16.7 Å². The van der Waals surface area contributed by atoms with Crippen molar-refractivity contribution in [1.29, 1.82) is 0 Å². The maximum Gasteiger partial charge on any atom is 0.180 e. The van der Waals surface area contributed by atoms with E-state index in [-0.39, 0.29) is 11.6 Å². The predicted molar refractivity (Wildman–Crippen MR) is 50.7 cm³/mol. The summed E-state index contributed by atoms with van der Waals surface area (Å²) in [6.45, 7) is 1.42. The van der Waals surface area contributed by atoms with E-state index < -0.39 is 0 Å². The molecule has 1 aromatic heterocycles. The zero-order valence-corrected chi connectivity index (χ0v) is 7.91. The number of hydrogen-bond donors (Lipinski definition) is 0. The second-order valence-corrected chi connectivity index (χ2v) is 3.19. The molecule has 3 nitrogen and oxygen atoms in total. The maximum absolute atomic E-state index is 12.9. The van der Waals surface area contributed by atoms with E-state index in [4.69, 9.17) is 0 Å². The van der Waals surface area contributed by atoms with Gasteiger partial charge < -0.3 is 0 Å². The number of benzene rings is 1. The van der Waals surface area contributed by atoms with Crippen molar-refractivity contribution < 1.29 is 9.18 Å². The number of carbonyl (C=O) groups excluding carboxylic acids is 1. The molecule has 2 rings (SSSR count). The maximum atomic E-state index is 12.9. The Morgan fingerprint density at radius 3 is 2.86 bits per heavy atom. The van der Waals surface area contributed by atoms with Crippen molar-refractivity contribution in [2.75, 3.05) is 0 Å². The fraction of sp³-hybridized carbons (Fsp3) is 0.200. The fourth-order valence-electron chi connectivity index (χ4n) is 1.50. The lowest BCUT2D eigenvalue weighted by molar-refractivity contribution is 0.101. The van der Waals surface area contributed by atoms with Crippen LogP contribution in [0.1, 0.15) is 17.4 Å². The molecule has 0 fully saturated rings. The van der Waals surface area contributed by atoms with Crippen molar-refractivity contribution in [3.63, 3.8) is 0 Å². The van der Waals surface area contributed by atoms with Crippen LogP contribution in [0.2, 0.25) is 0 Å². The molecule has 0 amide bonds. The van der Waals surface area contributed by atoms with Crippen LogP contribution in [-0.4, -0.2) is 15.6 Å². The molecule has 14 heavy (non-hydrogen) atoms. The normalized spacial score (nSPS) is 10.8. The first kappa shape index (κ1) is 8.87. The predicted octanol–water partition coefficient (Wildman–Crippen LogP) is 1.91. The Morgan fingerprint density at radius 2 is 2.21 bits per heavy atom. The van der Waals surface area contributed by atoms with E-state index in [0.29, 0.717) is 11.1 Å². The monoisotopic (exact) mass is 192 g/mol. The van der Waals surface area contributed by atoms with Crippen LogP contribution < -0.4 is 0 Å². The fourth-order valence-corrected chi connectivity index (χ4v) is 1.50. The number of rotatable bonds is 1. The zero-order valence-electron chi connectivity index (χ0n) is 7.91. The third-order valence-electron chi connectivity index (χ3n) is 2.15. The van der Waals surface area contributed by atoms with Gasteiger partial charge in [0, 0.05) is 19.4 Å². The van der Waals surface area contributed by atoms with E-state index in [9.17, 15) is 9.18 Å². The van der Waals surface area contributed by atoms with Crippen molar-refractivity contribution in [1.82, 2.24) is 9.78 Å². The summed E-state index contributed by atoms with van der Waals surface area (Å²) in [6.07, 6.45) is 0. The van der Waals surface area contributed by atoms with E-state index in [1.165, 1.54) is 19.1 Å². The molecular weight excluding hydrogens is 183 g/mol. The van der Waals surface area contributed by atoms with Gasteiger partial charge >= 0.3 is 0 Å². The van der Waals surface area contributed by atoms with Crippen LogP contribution in [0.25, 0.3) is 10.9 Å². The summed E-state index contributed by atoms with van der Waals surface area (Å²) in [5.41, 5.74) is 1.08. The first-order chi connectivity index (χ1) is 6.59. The summed E-state index contributed by atoms with van der Waals surface area (Å²) < 4.78 is 14.5. The average Bonchev–Trinajstić information content (AvgIpc) is 2.43. The number of carbonyl (C=O) groups is 1. The van der Waals surface area contributed by atoms with Crippen LogP contribution >= 0.6 is 0 Å². The lowest BCUT2D eigenvalue weighted by Gasteiger charge is -1.92. The minimum Gasteiger partial charge on any atom is -0.293 e. The van der Waals surface area contributed by atoms with Gasteiger partial charge in [0.2, 0.25) is 0 Å². The largest absolute Gasteiger partial charge is 0.293 e. The molecule has 0 aliphatic rings. The number of nitrogens with zero attached hydrogens (tertiary/aromatic N) is 2. The number of halogens is 1. The molecule has 4 heteroatoms. The average molecular weight is 192 g/mol. The van der Waals surface area contributed by atoms with Crippen LogP contribution in [-0.2, 0) is 7.05 Å². The smallest absolute Gasteiger partial charge is 0.180 e. The topological polar surface area (TPSA) is 34.9 Å². The van der Waals surface area contributed by atoms with Crippen LogP contribution in [0.4, 0.5) is 4.39 Å². The Hall–Kier alpha value is -1.71. The second-order valence-electron chi connectivity index (χ2n) is 3.19. The molecular formula is C10H9FN2O. The summed E-state index contributed by atoms with van der Waals surface area (Å²) in [7, 11) is 1.73. The van der Waals surface area contributed by atoms with Crippen molar-refractivity contribution in [3.8, 4) is 0 Å². The van der Waals surface area contributed by atoms with Gasteiger partial charge in [0.05, 0.1) is 5.52 Å². The van der Waals surface area contributed by atoms with Crippen molar-refractivity contribution in [3.05, 3.63) is 29.7 Å². The van der Waals surface area contributed by atoms with Gasteiger partial charge in [-0.25, -0.2) is 4.39 Å². The quantitative estimate of drug-likeness (QED) is 0.647. The van der Waals surface area contributed by atoms with E-state index >= 15 is 0 Å². The number of ketones is 1. The molecule has 0 spiro atoms. The van der Waals surface area contributed by atoms with Gasteiger partial charge in [-0.15, -0.1) is 0 Å². The Morgan fingerprint density at radius 1 is 1.50 bits per heavy atom. The Labute approximate surface area is 80.1 Å². The van der Waals surface area contributed by atoms with Gasteiger partial charge in [-0.1, -0.05) is 0 Å². The van der Waals surface area contributed by atoms with Gasteiger partial charge in [-0.05, 0) is 18.2 Å². The summed E-state index contributed by atoms with van der Waals surface area (Å²) in [6, 6.07) is 4.30. The van der Waals surface area contributed by atoms with Crippen LogP contribution in [0.15, 0.2) is 18.2 Å². The summed E-state index contributed by atoms with van der Waals surface area (Å²) >= 11 is 0. The number of hydrogen-bond acceptors (Lipinski definition) is 2. The van der Waals surface area contributed by atoms with Gasteiger partial charge in [-0.2, -0.15) is 5.10 Å². The van der Waals surface area contributed by atoms with Gasteiger partial charge in [0.15, 0.2) is 5.78 Å². The summed E-state index contributed by atoms with van der Waals surface area (Å²) in [5, 5.41) is 4.60. The van der Waals surface area contributed by atoms with Gasteiger partial charge in [-0.3, -0.25) is 9.48 Å².